The molecule has 5 nitrogen and oxygen atoms in total. The zero-order chi connectivity index (χ0) is 14.3. The van der Waals surface area contributed by atoms with Gasteiger partial charge in [-0.15, -0.1) is 0 Å². The molecule has 2 N–H and O–H groups in total. The number of aryl methyl sites for hydroxylation is 2. The molecule has 3 rings (SSSR count). The van der Waals surface area contributed by atoms with Gasteiger partial charge in [-0.1, -0.05) is 6.42 Å². The topological polar surface area (TPSA) is 56.3 Å². The van der Waals surface area contributed by atoms with Crippen molar-refractivity contribution in [3.05, 3.63) is 11.3 Å². The molecule has 20 heavy (non-hydrogen) atoms. The van der Waals surface area contributed by atoms with Crippen LogP contribution in [0.2, 0.25) is 0 Å². The van der Waals surface area contributed by atoms with Crippen molar-refractivity contribution in [3.8, 4) is 5.88 Å². The molecule has 2 aliphatic rings. The number of fused-ring (bicyclic) bond motifs is 1. The van der Waals surface area contributed by atoms with E-state index in [1.165, 1.54) is 31.4 Å². The number of likely N-dealkylation sites (tertiary alicyclic amines) is 1. The van der Waals surface area contributed by atoms with Crippen molar-refractivity contribution in [3.63, 3.8) is 0 Å². The Labute approximate surface area is 121 Å². The summed E-state index contributed by atoms with van der Waals surface area (Å²) in [5, 5.41) is 4.47. The summed E-state index contributed by atoms with van der Waals surface area (Å²) in [4.78, 5) is 2.53. The highest BCUT2D eigenvalue weighted by Crippen LogP contribution is 2.37. The number of nitrogens with zero attached hydrogens (tertiary/aromatic N) is 3. The van der Waals surface area contributed by atoms with E-state index >= 15 is 0 Å². The molecule has 2 fully saturated rings. The minimum absolute atomic E-state index is 0.399. The SMILES string of the molecule is COc1c(CN2CC3CCCC(N)C3C2)c(C)nn1C. The van der Waals surface area contributed by atoms with Gasteiger partial charge in [0.05, 0.1) is 18.4 Å². The fourth-order valence-electron chi connectivity index (χ4n) is 4.08. The van der Waals surface area contributed by atoms with Gasteiger partial charge >= 0.3 is 0 Å². The lowest BCUT2D eigenvalue weighted by Gasteiger charge is -2.29. The predicted octanol–water partition coefficient (Wildman–Crippen LogP) is 1.30. The van der Waals surface area contributed by atoms with Crippen molar-refractivity contribution in [1.82, 2.24) is 14.7 Å². The summed E-state index contributed by atoms with van der Waals surface area (Å²) in [7, 11) is 3.66. The first-order valence-corrected chi connectivity index (χ1v) is 7.64. The quantitative estimate of drug-likeness (QED) is 0.905. The number of hydrogen-bond acceptors (Lipinski definition) is 4. The van der Waals surface area contributed by atoms with E-state index in [9.17, 15) is 0 Å². The molecule has 0 radical (unpaired) electrons. The average molecular weight is 278 g/mol. The van der Waals surface area contributed by atoms with Gasteiger partial charge in [-0.2, -0.15) is 5.10 Å². The van der Waals surface area contributed by atoms with Crippen LogP contribution in [0.4, 0.5) is 0 Å². The van der Waals surface area contributed by atoms with E-state index in [4.69, 9.17) is 10.5 Å². The Balaban J connectivity index is 1.73. The molecule has 3 atom stereocenters. The first kappa shape index (κ1) is 13.9. The van der Waals surface area contributed by atoms with E-state index in [0.717, 1.165) is 30.6 Å². The lowest BCUT2D eigenvalue weighted by atomic mass is 9.78. The van der Waals surface area contributed by atoms with Gasteiger partial charge in [0.1, 0.15) is 0 Å². The fraction of sp³-hybridized carbons (Fsp3) is 0.800. The standard InChI is InChI=1S/C15H26N4O/c1-10-12(15(20-3)18(2)17-10)8-19-7-11-5-4-6-14(16)13(11)9-19/h11,13-14H,4-9,16H2,1-3H3. The third-order valence-electron chi connectivity index (χ3n) is 5.09. The van der Waals surface area contributed by atoms with Gasteiger partial charge in [-0.05, 0) is 31.6 Å². The van der Waals surface area contributed by atoms with E-state index in [1.54, 1.807) is 7.11 Å². The highest BCUT2D eigenvalue weighted by molar-refractivity contribution is 5.31. The van der Waals surface area contributed by atoms with Crippen LogP contribution < -0.4 is 10.5 Å². The molecule has 2 heterocycles. The summed E-state index contributed by atoms with van der Waals surface area (Å²) < 4.78 is 7.33. The van der Waals surface area contributed by atoms with Gasteiger partial charge in [0.15, 0.2) is 0 Å². The Morgan fingerprint density at radius 2 is 2.15 bits per heavy atom. The van der Waals surface area contributed by atoms with E-state index < -0.39 is 0 Å². The second kappa shape index (κ2) is 5.37. The molecule has 112 valence electrons. The lowest BCUT2D eigenvalue weighted by molar-refractivity contribution is 0.259. The van der Waals surface area contributed by atoms with Gasteiger partial charge in [0, 0.05) is 32.7 Å². The van der Waals surface area contributed by atoms with Crippen molar-refractivity contribution >= 4 is 0 Å². The average Bonchev–Trinajstić information content (AvgIpc) is 2.93. The zero-order valence-electron chi connectivity index (χ0n) is 12.8. The Morgan fingerprint density at radius 3 is 2.85 bits per heavy atom. The molecule has 1 saturated carbocycles. The number of hydrogen-bond donors (Lipinski definition) is 1. The zero-order valence-corrected chi connectivity index (χ0v) is 12.8. The van der Waals surface area contributed by atoms with Gasteiger partial charge in [-0.3, -0.25) is 4.90 Å². The number of nitrogens with two attached hydrogens (primary N) is 1. The largest absolute Gasteiger partial charge is 0.481 e. The maximum atomic E-state index is 6.30. The van der Waals surface area contributed by atoms with E-state index in [1.807, 2.05) is 11.7 Å². The van der Waals surface area contributed by atoms with Crippen LogP contribution in [0.5, 0.6) is 5.88 Å². The number of ether oxygens (including phenoxy) is 1. The minimum Gasteiger partial charge on any atom is -0.481 e. The van der Waals surface area contributed by atoms with E-state index in [0.29, 0.717) is 12.0 Å². The fourth-order valence-corrected chi connectivity index (χ4v) is 4.08. The molecule has 1 aliphatic heterocycles. The molecule has 0 bridgehead atoms. The van der Waals surface area contributed by atoms with Crippen LogP contribution in [0.1, 0.15) is 30.5 Å². The number of methoxy groups -OCH3 is 1. The molecule has 0 spiro atoms. The van der Waals surface area contributed by atoms with Crippen molar-refractivity contribution in [2.75, 3.05) is 20.2 Å². The van der Waals surface area contributed by atoms with Crippen LogP contribution in [0, 0.1) is 18.8 Å². The molecule has 3 unspecified atom stereocenters. The molecule has 1 aromatic rings. The van der Waals surface area contributed by atoms with Gasteiger partial charge in [0.25, 0.3) is 0 Å². The van der Waals surface area contributed by atoms with Gasteiger partial charge in [0.2, 0.25) is 5.88 Å². The summed E-state index contributed by atoms with van der Waals surface area (Å²) in [5.41, 5.74) is 8.59. The molecule has 1 aromatic heterocycles. The Hall–Kier alpha value is -1.07. The first-order chi connectivity index (χ1) is 9.60. The van der Waals surface area contributed by atoms with Crippen molar-refractivity contribution < 1.29 is 4.74 Å². The number of rotatable bonds is 3. The van der Waals surface area contributed by atoms with E-state index in [-0.39, 0.29) is 0 Å². The lowest BCUT2D eigenvalue weighted by Crippen LogP contribution is -2.38. The molecule has 0 amide bonds. The molecule has 1 aliphatic carbocycles. The van der Waals surface area contributed by atoms with Crippen LogP contribution in [0.15, 0.2) is 0 Å². The Kier molecular flexibility index (Phi) is 3.73. The molecule has 1 saturated heterocycles. The summed E-state index contributed by atoms with van der Waals surface area (Å²) in [6, 6.07) is 0.399. The highest BCUT2D eigenvalue weighted by Gasteiger charge is 2.39. The molecule has 5 heteroatoms. The Bertz CT molecular complexity index is 484. The molecule has 0 aromatic carbocycles. The minimum atomic E-state index is 0.399. The maximum Gasteiger partial charge on any atom is 0.216 e. The maximum absolute atomic E-state index is 6.30. The van der Waals surface area contributed by atoms with Crippen LogP contribution >= 0.6 is 0 Å². The van der Waals surface area contributed by atoms with Gasteiger partial charge < -0.3 is 10.5 Å². The third-order valence-corrected chi connectivity index (χ3v) is 5.09. The molecular weight excluding hydrogens is 252 g/mol. The predicted molar refractivity (Wildman–Crippen MR) is 78.6 cm³/mol. The molecular formula is C15H26N4O. The summed E-state index contributed by atoms with van der Waals surface area (Å²) in [5.74, 6) is 2.37. The van der Waals surface area contributed by atoms with Crippen molar-refractivity contribution in [1.29, 1.82) is 0 Å². The van der Waals surface area contributed by atoms with Crippen LogP contribution in [-0.2, 0) is 13.6 Å². The van der Waals surface area contributed by atoms with Crippen LogP contribution in [0.3, 0.4) is 0 Å². The summed E-state index contributed by atoms with van der Waals surface area (Å²) in [6.07, 6.45) is 3.84. The first-order valence-electron chi connectivity index (χ1n) is 7.64. The normalized spacial score (nSPS) is 30.5. The summed E-state index contributed by atoms with van der Waals surface area (Å²) >= 11 is 0. The van der Waals surface area contributed by atoms with Crippen molar-refractivity contribution in [2.45, 2.75) is 38.8 Å². The van der Waals surface area contributed by atoms with E-state index in [2.05, 4.69) is 16.9 Å². The van der Waals surface area contributed by atoms with Crippen molar-refractivity contribution in [2.24, 2.45) is 24.6 Å². The van der Waals surface area contributed by atoms with Crippen LogP contribution in [0.25, 0.3) is 0 Å². The highest BCUT2D eigenvalue weighted by atomic mass is 16.5. The van der Waals surface area contributed by atoms with Gasteiger partial charge in [-0.25, -0.2) is 4.68 Å². The van der Waals surface area contributed by atoms with Crippen LogP contribution in [-0.4, -0.2) is 40.9 Å². The number of aromatic nitrogens is 2. The summed E-state index contributed by atoms with van der Waals surface area (Å²) in [6.45, 7) is 5.30. The monoisotopic (exact) mass is 278 g/mol. The second-order valence-electron chi connectivity index (χ2n) is 6.41. The Morgan fingerprint density at radius 1 is 1.35 bits per heavy atom. The smallest absolute Gasteiger partial charge is 0.216 e. The third kappa shape index (κ3) is 2.33. The second-order valence-corrected chi connectivity index (χ2v) is 6.41.